The summed E-state index contributed by atoms with van der Waals surface area (Å²) < 4.78 is 41.3. The Bertz CT molecular complexity index is 1290. The van der Waals surface area contributed by atoms with Gasteiger partial charge in [-0.3, -0.25) is 4.79 Å². The highest BCUT2D eigenvalue weighted by molar-refractivity contribution is 7.22. The van der Waals surface area contributed by atoms with E-state index in [0.29, 0.717) is 16.3 Å². The molecule has 0 radical (unpaired) electrons. The molecule has 4 rings (SSSR count). The Hall–Kier alpha value is -3.40. The number of rotatable bonds is 6. The Labute approximate surface area is 192 Å². The number of thiazole rings is 1. The SMILES string of the molecule is Cc1ccc(-n2nc(C)c3sc(N(C)CC(=O)NCc4cccc(C(F)(F)F)c4)nc32)cc1. The van der Waals surface area contributed by atoms with Gasteiger partial charge < -0.3 is 10.2 Å². The fraction of sp³-hybridized carbons (Fsp3) is 0.261. The third-order valence-corrected chi connectivity index (χ3v) is 6.37. The van der Waals surface area contributed by atoms with E-state index in [1.165, 1.54) is 17.4 Å². The van der Waals surface area contributed by atoms with E-state index in [1.54, 1.807) is 22.7 Å². The second kappa shape index (κ2) is 8.86. The first-order valence-electron chi connectivity index (χ1n) is 10.2. The molecule has 4 aromatic rings. The number of nitrogens with one attached hydrogen (secondary N) is 1. The highest BCUT2D eigenvalue weighted by Crippen LogP contribution is 2.32. The minimum absolute atomic E-state index is 0.0118. The number of nitrogens with zero attached hydrogens (tertiary/aromatic N) is 4. The molecule has 1 amide bonds. The van der Waals surface area contributed by atoms with Crippen LogP contribution in [0.5, 0.6) is 0 Å². The van der Waals surface area contributed by atoms with Gasteiger partial charge in [-0.05, 0) is 43.7 Å². The lowest BCUT2D eigenvalue weighted by Gasteiger charge is -2.15. The molecule has 1 N–H and O–H groups in total. The summed E-state index contributed by atoms with van der Waals surface area (Å²) in [5.74, 6) is -0.314. The van der Waals surface area contributed by atoms with Gasteiger partial charge in [0.25, 0.3) is 0 Å². The van der Waals surface area contributed by atoms with E-state index in [2.05, 4.69) is 15.4 Å². The van der Waals surface area contributed by atoms with Crippen LogP contribution in [0.3, 0.4) is 0 Å². The first kappa shape index (κ1) is 22.8. The van der Waals surface area contributed by atoms with Crippen LogP contribution in [0.25, 0.3) is 16.0 Å². The van der Waals surface area contributed by atoms with Crippen molar-refractivity contribution in [3.63, 3.8) is 0 Å². The molecule has 172 valence electrons. The van der Waals surface area contributed by atoms with Gasteiger partial charge >= 0.3 is 6.18 Å². The van der Waals surface area contributed by atoms with Crippen LogP contribution < -0.4 is 10.2 Å². The summed E-state index contributed by atoms with van der Waals surface area (Å²) in [6.45, 7) is 3.96. The van der Waals surface area contributed by atoms with Crippen LogP contribution in [0.15, 0.2) is 48.5 Å². The van der Waals surface area contributed by atoms with Gasteiger partial charge in [0.2, 0.25) is 5.91 Å². The molecule has 0 unspecified atom stereocenters. The number of hydrogen-bond acceptors (Lipinski definition) is 5. The summed E-state index contributed by atoms with van der Waals surface area (Å²) in [5.41, 5.74) is 3.25. The largest absolute Gasteiger partial charge is 0.416 e. The van der Waals surface area contributed by atoms with Crippen LogP contribution in [-0.2, 0) is 17.5 Å². The smallest absolute Gasteiger partial charge is 0.350 e. The Kier molecular flexibility index (Phi) is 6.11. The number of alkyl halides is 3. The molecule has 0 aliphatic heterocycles. The van der Waals surface area contributed by atoms with Gasteiger partial charge in [0.15, 0.2) is 10.8 Å². The van der Waals surface area contributed by atoms with Crippen molar-refractivity contribution < 1.29 is 18.0 Å². The number of hydrogen-bond donors (Lipinski definition) is 1. The maximum atomic E-state index is 12.9. The highest BCUT2D eigenvalue weighted by Gasteiger charge is 2.30. The average Bonchev–Trinajstić information content (AvgIpc) is 3.33. The van der Waals surface area contributed by atoms with Gasteiger partial charge in [-0.25, -0.2) is 4.68 Å². The van der Waals surface area contributed by atoms with E-state index in [4.69, 9.17) is 0 Å². The van der Waals surface area contributed by atoms with Gasteiger partial charge in [-0.15, -0.1) is 0 Å². The number of aryl methyl sites for hydroxylation is 2. The van der Waals surface area contributed by atoms with Gasteiger partial charge in [-0.1, -0.05) is 41.2 Å². The van der Waals surface area contributed by atoms with E-state index in [-0.39, 0.29) is 19.0 Å². The van der Waals surface area contributed by atoms with Crippen LogP contribution >= 0.6 is 11.3 Å². The molecule has 0 spiro atoms. The Morgan fingerprint density at radius 3 is 2.58 bits per heavy atom. The van der Waals surface area contributed by atoms with E-state index < -0.39 is 11.7 Å². The summed E-state index contributed by atoms with van der Waals surface area (Å²) in [6.07, 6.45) is -4.42. The second-order valence-electron chi connectivity index (χ2n) is 7.81. The minimum Gasteiger partial charge on any atom is -0.350 e. The summed E-state index contributed by atoms with van der Waals surface area (Å²) in [6, 6.07) is 12.9. The lowest BCUT2D eigenvalue weighted by atomic mass is 10.1. The van der Waals surface area contributed by atoms with Gasteiger partial charge in [-0.2, -0.15) is 23.3 Å². The Morgan fingerprint density at radius 1 is 1.15 bits per heavy atom. The quantitative estimate of drug-likeness (QED) is 0.434. The number of benzene rings is 2. The molecular weight excluding hydrogens is 451 g/mol. The van der Waals surface area contributed by atoms with Gasteiger partial charge in [0.05, 0.1) is 28.2 Å². The van der Waals surface area contributed by atoms with E-state index >= 15 is 0 Å². The van der Waals surface area contributed by atoms with Gasteiger partial charge in [0.1, 0.15) is 0 Å². The van der Waals surface area contributed by atoms with E-state index in [9.17, 15) is 18.0 Å². The number of fused-ring (bicyclic) bond motifs is 1. The van der Waals surface area contributed by atoms with Crippen LogP contribution in [0.4, 0.5) is 18.3 Å². The standard InChI is InChI=1S/C23H22F3N5OS/c1-14-7-9-18(10-8-14)31-21-20(15(2)29-31)33-22(28-21)30(3)13-19(32)27-12-16-5-4-6-17(11-16)23(24,25)26/h4-11H,12-13H2,1-3H3,(H,27,32). The van der Waals surface area contributed by atoms with Crippen LogP contribution in [0.2, 0.25) is 0 Å². The third-order valence-electron chi connectivity index (χ3n) is 5.11. The molecule has 0 saturated heterocycles. The lowest BCUT2D eigenvalue weighted by Crippen LogP contribution is -2.34. The maximum absolute atomic E-state index is 12.9. The molecule has 0 fully saturated rings. The van der Waals surface area contributed by atoms with Crippen LogP contribution in [-0.4, -0.2) is 34.3 Å². The first-order chi connectivity index (χ1) is 15.6. The predicted octanol–water partition coefficient (Wildman–Crippen LogP) is 4.87. The Morgan fingerprint density at radius 2 is 1.88 bits per heavy atom. The zero-order chi connectivity index (χ0) is 23.8. The molecule has 0 atom stereocenters. The number of halogens is 3. The Balaban J connectivity index is 1.44. The second-order valence-corrected chi connectivity index (χ2v) is 8.79. The number of amides is 1. The zero-order valence-corrected chi connectivity index (χ0v) is 19.1. The molecule has 2 aromatic heterocycles. The number of carbonyl (C=O) groups is 1. The summed E-state index contributed by atoms with van der Waals surface area (Å²) in [5, 5.41) is 7.91. The lowest BCUT2D eigenvalue weighted by molar-refractivity contribution is -0.137. The number of aromatic nitrogens is 3. The summed E-state index contributed by atoms with van der Waals surface area (Å²) in [7, 11) is 1.75. The molecule has 0 bridgehead atoms. The van der Waals surface area contributed by atoms with Crippen LogP contribution in [0.1, 0.15) is 22.4 Å². The molecule has 2 aromatic carbocycles. The van der Waals surface area contributed by atoms with Gasteiger partial charge in [0, 0.05) is 13.6 Å². The molecule has 0 saturated carbocycles. The van der Waals surface area contributed by atoms with Crippen LogP contribution in [0, 0.1) is 13.8 Å². The first-order valence-corrected chi connectivity index (χ1v) is 11.0. The van der Waals surface area contributed by atoms with Crippen molar-refractivity contribution in [3.05, 3.63) is 70.9 Å². The molecular formula is C23H22F3N5OS. The van der Waals surface area contributed by atoms with Crippen molar-refractivity contribution in [2.45, 2.75) is 26.6 Å². The predicted molar refractivity (Wildman–Crippen MR) is 123 cm³/mol. The zero-order valence-electron chi connectivity index (χ0n) is 18.3. The normalized spacial score (nSPS) is 11.7. The number of likely N-dealkylation sites (N-methyl/N-ethyl adjacent to an activating group) is 1. The summed E-state index contributed by atoms with van der Waals surface area (Å²) >= 11 is 1.44. The maximum Gasteiger partial charge on any atom is 0.416 e. The molecule has 2 heterocycles. The topological polar surface area (TPSA) is 63.1 Å². The number of anilines is 1. The third kappa shape index (κ3) is 5.00. The van der Waals surface area contributed by atoms with Crippen molar-refractivity contribution in [1.29, 1.82) is 0 Å². The number of carbonyl (C=O) groups excluding carboxylic acids is 1. The van der Waals surface area contributed by atoms with E-state index in [0.717, 1.165) is 33.8 Å². The highest BCUT2D eigenvalue weighted by atomic mass is 32.1. The van der Waals surface area contributed by atoms with Crippen molar-refractivity contribution in [2.75, 3.05) is 18.5 Å². The van der Waals surface area contributed by atoms with E-state index in [1.807, 2.05) is 38.1 Å². The molecule has 0 aliphatic rings. The molecule has 0 aliphatic carbocycles. The molecule has 33 heavy (non-hydrogen) atoms. The van der Waals surface area contributed by atoms with Crippen molar-refractivity contribution >= 4 is 32.7 Å². The monoisotopic (exact) mass is 473 g/mol. The average molecular weight is 474 g/mol. The summed E-state index contributed by atoms with van der Waals surface area (Å²) in [4.78, 5) is 18.8. The van der Waals surface area contributed by atoms with Crippen molar-refractivity contribution in [1.82, 2.24) is 20.1 Å². The fourth-order valence-electron chi connectivity index (χ4n) is 3.35. The molecule has 6 nitrogen and oxygen atoms in total. The molecule has 10 heteroatoms. The minimum atomic E-state index is -4.42. The van der Waals surface area contributed by atoms with Crippen molar-refractivity contribution in [3.8, 4) is 5.69 Å². The van der Waals surface area contributed by atoms with Crippen molar-refractivity contribution in [2.24, 2.45) is 0 Å². The fourth-order valence-corrected chi connectivity index (χ4v) is 4.30.